The molecule has 2 heteroatoms. The van der Waals surface area contributed by atoms with Gasteiger partial charge in [0.25, 0.3) is 0 Å². The Kier molecular flexibility index (Phi) is 2.45. The summed E-state index contributed by atoms with van der Waals surface area (Å²) in [5.41, 5.74) is 1.22. The first-order chi connectivity index (χ1) is 6.92. The number of rotatable bonds is 3. The van der Waals surface area contributed by atoms with E-state index in [2.05, 4.69) is 23.7 Å². The van der Waals surface area contributed by atoms with Crippen LogP contribution in [0.5, 0.6) is 0 Å². The molecule has 0 aliphatic heterocycles. The standard InChI is InChI=1S/C12H12N2/c1-2-12(14-9-8-13-10-14)11-6-4-3-5-7-11/h2-10,12H,1H2. The Morgan fingerprint density at radius 1 is 1.29 bits per heavy atom. The molecule has 70 valence electrons. The molecule has 1 unspecified atom stereocenters. The van der Waals surface area contributed by atoms with Gasteiger partial charge in [0, 0.05) is 12.4 Å². The summed E-state index contributed by atoms with van der Waals surface area (Å²) in [5, 5.41) is 0. The Hall–Kier alpha value is -1.83. The van der Waals surface area contributed by atoms with Crippen LogP contribution in [0.3, 0.4) is 0 Å². The van der Waals surface area contributed by atoms with E-state index < -0.39 is 0 Å². The summed E-state index contributed by atoms with van der Waals surface area (Å²) in [7, 11) is 0. The molecule has 0 amide bonds. The smallest absolute Gasteiger partial charge is 0.0954 e. The van der Waals surface area contributed by atoms with Crippen LogP contribution < -0.4 is 0 Å². The molecule has 0 saturated heterocycles. The highest BCUT2D eigenvalue weighted by Crippen LogP contribution is 2.18. The van der Waals surface area contributed by atoms with Crippen molar-refractivity contribution in [2.45, 2.75) is 6.04 Å². The van der Waals surface area contributed by atoms with Crippen LogP contribution in [0.15, 0.2) is 61.7 Å². The van der Waals surface area contributed by atoms with Crippen molar-refractivity contribution in [3.63, 3.8) is 0 Å². The minimum atomic E-state index is 0.179. The highest BCUT2D eigenvalue weighted by Gasteiger charge is 2.06. The molecule has 14 heavy (non-hydrogen) atoms. The summed E-state index contributed by atoms with van der Waals surface area (Å²) in [6.07, 6.45) is 7.44. The first-order valence-corrected chi connectivity index (χ1v) is 4.57. The van der Waals surface area contributed by atoms with Gasteiger partial charge in [0.05, 0.1) is 12.4 Å². The molecule has 0 spiro atoms. The van der Waals surface area contributed by atoms with Crippen molar-refractivity contribution in [3.05, 3.63) is 67.3 Å². The van der Waals surface area contributed by atoms with Gasteiger partial charge in [-0.25, -0.2) is 4.98 Å². The van der Waals surface area contributed by atoms with Gasteiger partial charge in [0.1, 0.15) is 0 Å². The SMILES string of the molecule is C=CC(c1ccccc1)n1ccnc1. The molecule has 0 aliphatic rings. The summed E-state index contributed by atoms with van der Waals surface area (Å²) in [4.78, 5) is 4.03. The zero-order chi connectivity index (χ0) is 9.80. The third-order valence-electron chi connectivity index (χ3n) is 2.21. The first kappa shape index (κ1) is 8.75. The number of benzene rings is 1. The molecule has 0 aliphatic carbocycles. The third kappa shape index (κ3) is 1.59. The zero-order valence-corrected chi connectivity index (χ0v) is 7.88. The van der Waals surface area contributed by atoms with Gasteiger partial charge < -0.3 is 4.57 Å². The topological polar surface area (TPSA) is 17.8 Å². The lowest BCUT2D eigenvalue weighted by Gasteiger charge is -2.13. The third-order valence-corrected chi connectivity index (χ3v) is 2.21. The second-order valence-electron chi connectivity index (χ2n) is 3.10. The van der Waals surface area contributed by atoms with Gasteiger partial charge in [-0.15, -0.1) is 6.58 Å². The van der Waals surface area contributed by atoms with Crippen molar-refractivity contribution < 1.29 is 0 Å². The van der Waals surface area contributed by atoms with Crippen LogP contribution in [0, 0.1) is 0 Å². The molecular weight excluding hydrogens is 172 g/mol. The fraction of sp³-hybridized carbons (Fsp3) is 0.0833. The van der Waals surface area contributed by atoms with Crippen molar-refractivity contribution in [3.8, 4) is 0 Å². The summed E-state index contributed by atoms with van der Waals surface area (Å²) in [6, 6.07) is 10.4. The zero-order valence-electron chi connectivity index (χ0n) is 7.88. The molecule has 2 nitrogen and oxygen atoms in total. The van der Waals surface area contributed by atoms with E-state index in [1.54, 1.807) is 12.5 Å². The molecule has 2 rings (SSSR count). The Morgan fingerprint density at radius 3 is 2.64 bits per heavy atom. The van der Waals surface area contributed by atoms with Crippen LogP contribution in [-0.2, 0) is 0 Å². The van der Waals surface area contributed by atoms with Crippen LogP contribution in [0.25, 0.3) is 0 Å². The monoisotopic (exact) mass is 184 g/mol. The number of hydrogen-bond acceptors (Lipinski definition) is 1. The van der Waals surface area contributed by atoms with Crippen molar-refractivity contribution in [2.24, 2.45) is 0 Å². The lowest BCUT2D eigenvalue weighted by atomic mass is 10.1. The molecule has 0 fully saturated rings. The number of imidazole rings is 1. The van der Waals surface area contributed by atoms with E-state index in [-0.39, 0.29) is 6.04 Å². The fourth-order valence-corrected chi connectivity index (χ4v) is 1.51. The molecule has 1 aromatic heterocycles. The van der Waals surface area contributed by atoms with E-state index in [1.165, 1.54) is 5.56 Å². The van der Waals surface area contributed by atoms with Crippen molar-refractivity contribution >= 4 is 0 Å². The Morgan fingerprint density at radius 2 is 2.07 bits per heavy atom. The minimum Gasteiger partial charge on any atom is -0.326 e. The molecule has 0 N–H and O–H groups in total. The molecule has 0 radical (unpaired) electrons. The minimum absolute atomic E-state index is 0.179. The fourth-order valence-electron chi connectivity index (χ4n) is 1.51. The second kappa shape index (κ2) is 3.92. The van der Waals surface area contributed by atoms with Crippen LogP contribution >= 0.6 is 0 Å². The Bertz CT molecular complexity index is 390. The number of aromatic nitrogens is 2. The molecule has 0 bridgehead atoms. The highest BCUT2D eigenvalue weighted by molar-refractivity contribution is 5.23. The van der Waals surface area contributed by atoms with Crippen LogP contribution in [-0.4, -0.2) is 9.55 Å². The van der Waals surface area contributed by atoms with Gasteiger partial charge in [0.2, 0.25) is 0 Å². The molecular formula is C12H12N2. The Labute approximate surface area is 83.5 Å². The second-order valence-corrected chi connectivity index (χ2v) is 3.10. The average Bonchev–Trinajstić information content (AvgIpc) is 2.74. The average molecular weight is 184 g/mol. The van der Waals surface area contributed by atoms with Gasteiger partial charge in [-0.3, -0.25) is 0 Å². The van der Waals surface area contributed by atoms with E-state index in [0.29, 0.717) is 0 Å². The van der Waals surface area contributed by atoms with Gasteiger partial charge in [0.15, 0.2) is 0 Å². The highest BCUT2D eigenvalue weighted by atomic mass is 15.0. The van der Waals surface area contributed by atoms with Crippen LogP contribution in [0.4, 0.5) is 0 Å². The van der Waals surface area contributed by atoms with E-state index in [1.807, 2.05) is 35.0 Å². The van der Waals surface area contributed by atoms with Gasteiger partial charge in [-0.05, 0) is 5.56 Å². The molecule has 2 aromatic rings. The quantitative estimate of drug-likeness (QED) is 0.670. The maximum absolute atomic E-state index is 4.03. The van der Waals surface area contributed by atoms with Gasteiger partial charge in [-0.2, -0.15) is 0 Å². The molecule has 1 atom stereocenters. The normalized spacial score (nSPS) is 12.3. The van der Waals surface area contributed by atoms with E-state index in [0.717, 1.165) is 0 Å². The molecule has 0 saturated carbocycles. The number of hydrogen-bond donors (Lipinski definition) is 0. The lowest BCUT2D eigenvalue weighted by molar-refractivity contribution is 0.700. The van der Waals surface area contributed by atoms with E-state index in [9.17, 15) is 0 Å². The maximum Gasteiger partial charge on any atom is 0.0954 e. The van der Waals surface area contributed by atoms with Gasteiger partial charge in [-0.1, -0.05) is 36.4 Å². The lowest BCUT2D eigenvalue weighted by Crippen LogP contribution is -2.04. The van der Waals surface area contributed by atoms with E-state index in [4.69, 9.17) is 0 Å². The predicted octanol–water partition coefficient (Wildman–Crippen LogP) is 2.66. The van der Waals surface area contributed by atoms with Crippen LogP contribution in [0.1, 0.15) is 11.6 Å². The molecule has 1 heterocycles. The largest absolute Gasteiger partial charge is 0.326 e. The first-order valence-electron chi connectivity index (χ1n) is 4.57. The number of nitrogens with zero attached hydrogens (tertiary/aromatic N) is 2. The van der Waals surface area contributed by atoms with Gasteiger partial charge >= 0.3 is 0 Å². The maximum atomic E-state index is 4.03. The Balaban J connectivity index is 2.36. The van der Waals surface area contributed by atoms with E-state index >= 15 is 0 Å². The van der Waals surface area contributed by atoms with Crippen LogP contribution in [0.2, 0.25) is 0 Å². The predicted molar refractivity (Wildman–Crippen MR) is 57.0 cm³/mol. The van der Waals surface area contributed by atoms with Crippen molar-refractivity contribution in [1.82, 2.24) is 9.55 Å². The summed E-state index contributed by atoms with van der Waals surface area (Å²) in [5.74, 6) is 0. The summed E-state index contributed by atoms with van der Waals surface area (Å²) in [6.45, 7) is 3.84. The number of allylic oxidation sites excluding steroid dienone is 1. The molecule has 1 aromatic carbocycles. The summed E-state index contributed by atoms with van der Waals surface area (Å²) < 4.78 is 2.03. The van der Waals surface area contributed by atoms with Crippen molar-refractivity contribution in [1.29, 1.82) is 0 Å². The summed E-state index contributed by atoms with van der Waals surface area (Å²) >= 11 is 0. The van der Waals surface area contributed by atoms with Crippen molar-refractivity contribution in [2.75, 3.05) is 0 Å².